The molecule has 1 saturated heterocycles. The van der Waals surface area contributed by atoms with Gasteiger partial charge in [-0.15, -0.1) is 0 Å². The van der Waals surface area contributed by atoms with Gasteiger partial charge in [0.1, 0.15) is 11.9 Å². The topological polar surface area (TPSA) is 69.7 Å². The summed E-state index contributed by atoms with van der Waals surface area (Å²) in [6.07, 6.45) is 1.09. The molecule has 1 fully saturated rings. The number of benzene rings is 2. The molecule has 2 aromatic carbocycles. The normalized spacial score (nSPS) is 17.4. The van der Waals surface area contributed by atoms with Crippen LogP contribution < -0.4 is 10.2 Å². The monoisotopic (exact) mass is 405 g/mol. The van der Waals surface area contributed by atoms with Crippen LogP contribution in [0, 0.1) is 5.82 Å². The zero-order valence-corrected chi connectivity index (χ0v) is 16.5. The molecule has 8 heteroatoms. The summed E-state index contributed by atoms with van der Waals surface area (Å²) in [6.45, 7) is 1.29. The molecule has 0 radical (unpaired) electrons. The van der Waals surface area contributed by atoms with Crippen molar-refractivity contribution >= 4 is 21.6 Å². The summed E-state index contributed by atoms with van der Waals surface area (Å²) >= 11 is 0. The lowest BCUT2D eigenvalue weighted by molar-refractivity contribution is -0.124. The molecule has 1 atom stereocenters. The maximum atomic E-state index is 13.1. The number of anilines is 1. The van der Waals surface area contributed by atoms with Gasteiger partial charge in [0.2, 0.25) is 15.9 Å². The summed E-state index contributed by atoms with van der Waals surface area (Å²) < 4.78 is 40.0. The van der Waals surface area contributed by atoms with Crippen molar-refractivity contribution in [3.8, 4) is 0 Å². The SMILES string of the molecule is CN(CCNC(=O)C1CCCN1S(=O)(=O)c1ccc(F)cc1)c1ccccc1. The Hall–Kier alpha value is -2.45. The highest BCUT2D eigenvalue weighted by Gasteiger charge is 2.39. The lowest BCUT2D eigenvalue weighted by atomic mass is 10.2. The van der Waals surface area contributed by atoms with E-state index in [4.69, 9.17) is 0 Å². The minimum Gasteiger partial charge on any atom is -0.373 e. The van der Waals surface area contributed by atoms with Gasteiger partial charge in [-0.3, -0.25) is 4.79 Å². The first kappa shape index (κ1) is 20.3. The van der Waals surface area contributed by atoms with Crippen molar-refractivity contribution in [2.75, 3.05) is 31.6 Å². The zero-order chi connectivity index (χ0) is 20.1. The highest BCUT2D eigenvalue weighted by molar-refractivity contribution is 7.89. The Bertz CT molecular complexity index is 904. The van der Waals surface area contributed by atoms with Gasteiger partial charge in [-0.2, -0.15) is 4.31 Å². The van der Waals surface area contributed by atoms with Gasteiger partial charge < -0.3 is 10.2 Å². The Balaban J connectivity index is 1.60. The van der Waals surface area contributed by atoms with E-state index in [0.29, 0.717) is 25.9 Å². The van der Waals surface area contributed by atoms with Crippen LogP contribution in [-0.2, 0) is 14.8 Å². The van der Waals surface area contributed by atoms with Crippen LogP contribution in [-0.4, -0.2) is 51.4 Å². The summed E-state index contributed by atoms with van der Waals surface area (Å²) in [7, 11) is -1.91. The van der Waals surface area contributed by atoms with E-state index in [-0.39, 0.29) is 17.3 Å². The number of rotatable bonds is 7. The van der Waals surface area contributed by atoms with Crippen LogP contribution in [0.15, 0.2) is 59.5 Å². The minimum atomic E-state index is -3.84. The van der Waals surface area contributed by atoms with Crippen LogP contribution in [0.3, 0.4) is 0 Å². The summed E-state index contributed by atoms with van der Waals surface area (Å²) in [5, 5.41) is 2.84. The van der Waals surface area contributed by atoms with Crippen LogP contribution in [0.1, 0.15) is 12.8 Å². The molecule has 1 heterocycles. The van der Waals surface area contributed by atoms with Crippen molar-refractivity contribution < 1.29 is 17.6 Å². The van der Waals surface area contributed by atoms with E-state index in [1.165, 1.54) is 16.4 Å². The van der Waals surface area contributed by atoms with E-state index in [2.05, 4.69) is 5.32 Å². The number of nitrogens with zero attached hydrogens (tertiary/aromatic N) is 2. The molecular weight excluding hydrogens is 381 g/mol. The lowest BCUT2D eigenvalue weighted by Crippen LogP contribution is -2.47. The highest BCUT2D eigenvalue weighted by atomic mass is 32.2. The second kappa shape index (κ2) is 8.70. The molecule has 0 aromatic heterocycles. The molecule has 1 amide bonds. The minimum absolute atomic E-state index is 0.00240. The Kier molecular flexibility index (Phi) is 6.31. The maximum Gasteiger partial charge on any atom is 0.243 e. The average Bonchev–Trinajstić information content (AvgIpc) is 3.20. The van der Waals surface area contributed by atoms with Crippen LogP contribution in [0.4, 0.5) is 10.1 Å². The molecule has 0 aliphatic carbocycles. The Morgan fingerprint density at radius 3 is 2.54 bits per heavy atom. The number of carbonyl (C=O) groups is 1. The fourth-order valence-electron chi connectivity index (χ4n) is 3.31. The molecule has 0 spiro atoms. The lowest BCUT2D eigenvalue weighted by Gasteiger charge is -2.24. The third-order valence-electron chi connectivity index (χ3n) is 4.87. The van der Waals surface area contributed by atoms with Gasteiger partial charge in [0.25, 0.3) is 0 Å². The predicted molar refractivity (Wildman–Crippen MR) is 106 cm³/mol. The van der Waals surface area contributed by atoms with E-state index in [0.717, 1.165) is 17.8 Å². The number of hydrogen-bond acceptors (Lipinski definition) is 4. The van der Waals surface area contributed by atoms with E-state index in [1.807, 2.05) is 42.3 Å². The molecule has 28 heavy (non-hydrogen) atoms. The number of nitrogens with one attached hydrogen (secondary N) is 1. The highest BCUT2D eigenvalue weighted by Crippen LogP contribution is 2.26. The smallest absolute Gasteiger partial charge is 0.243 e. The quantitative estimate of drug-likeness (QED) is 0.767. The molecule has 1 unspecified atom stereocenters. The Morgan fingerprint density at radius 1 is 1.18 bits per heavy atom. The molecule has 6 nitrogen and oxygen atoms in total. The van der Waals surface area contributed by atoms with Crippen molar-refractivity contribution in [3.63, 3.8) is 0 Å². The van der Waals surface area contributed by atoms with Crippen molar-refractivity contribution in [2.24, 2.45) is 0 Å². The van der Waals surface area contributed by atoms with Gasteiger partial charge in [0.05, 0.1) is 4.90 Å². The summed E-state index contributed by atoms with van der Waals surface area (Å²) in [5.41, 5.74) is 1.04. The van der Waals surface area contributed by atoms with Crippen molar-refractivity contribution in [1.82, 2.24) is 9.62 Å². The number of likely N-dealkylation sites (N-methyl/N-ethyl adjacent to an activating group) is 1. The number of sulfonamides is 1. The van der Waals surface area contributed by atoms with Crippen molar-refractivity contribution in [3.05, 3.63) is 60.4 Å². The first-order chi connectivity index (χ1) is 13.4. The Morgan fingerprint density at radius 2 is 1.86 bits per heavy atom. The van der Waals surface area contributed by atoms with Crippen LogP contribution in [0.2, 0.25) is 0 Å². The van der Waals surface area contributed by atoms with Gasteiger partial charge in [-0.1, -0.05) is 18.2 Å². The van der Waals surface area contributed by atoms with E-state index >= 15 is 0 Å². The Labute approximate surface area is 165 Å². The van der Waals surface area contributed by atoms with Crippen molar-refractivity contribution in [2.45, 2.75) is 23.8 Å². The molecule has 1 aliphatic rings. The number of amides is 1. The average molecular weight is 405 g/mol. The van der Waals surface area contributed by atoms with Gasteiger partial charge >= 0.3 is 0 Å². The van der Waals surface area contributed by atoms with E-state index in [1.54, 1.807) is 0 Å². The molecule has 1 N–H and O–H groups in total. The third kappa shape index (κ3) is 4.51. The van der Waals surface area contributed by atoms with E-state index < -0.39 is 21.9 Å². The second-order valence-electron chi connectivity index (χ2n) is 6.78. The second-order valence-corrected chi connectivity index (χ2v) is 8.67. The number of carbonyl (C=O) groups excluding carboxylic acids is 1. The zero-order valence-electron chi connectivity index (χ0n) is 15.7. The fourth-order valence-corrected chi connectivity index (χ4v) is 4.96. The van der Waals surface area contributed by atoms with Gasteiger partial charge in [-0.25, -0.2) is 12.8 Å². The molecule has 0 saturated carbocycles. The number of para-hydroxylation sites is 1. The first-order valence-corrected chi connectivity index (χ1v) is 10.6. The largest absolute Gasteiger partial charge is 0.373 e. The molecule has 1 aliphatic heterocycles. The summed E-state index contributed by atoms with van der Waals surface area (Å²) in [6, 6.07) is 13.7. The van der Waals surface area contributed by atoms with Crippen molar-refractivity contribution in [1.29, 1.82) is 0 Å². The van der Waals surface area contributed by atoms with Gasteiger partial charge in [0.15, 0.2) is 0 Å². The first-order valence-electron chi connectivity index (χ1n) is 9.21. The van der Waals surface area contributed by atoms with Crippen LogP contribution >= 0.6 is 0 Å². The number of halogens is 1. The van der Waals surface area contributed by atoms with E-state index in [9.17, 15) is 17.6 Å². The standard InChI is InChI=1S/C20H24FN3O3S/c1-23(17-6-3-2-4-7-17)15-13-22-20(25)19-8-5-14-24(19)28(26,27)18-11-9-16(21)10-12-18/h2-4,6-7,9-12,19H,5,8,13-15H2,1H3,(H,22,25). The molecular formula is C20H24FN3O3S. The fraction of sp³-hybridized carbons (Fsp3) is 0.350. The van der Waals surface area contributed by atoms with Crippen LogP contribution in [0.25, 0.3) is 0 Å². The molecule has 150 valence electrons. The third-order valence-corrected chi connectivity index (χ3v) is 6.79. The summed E-state index contributed by atoms with van der Waals surface area (Å²) in [4.78, 5) is 14.6. The maximum absolute atomic E-state index is 13.1. The van der Waals surface area contributed by atoms with Gasteiger partial charge in [-0.05, 0) is 49.2 Å². The summed E-state index contributed by atoms with van der Waals surface area (Å²) in [5.74, 6) is -0.804. The van der Waals surface area contributed by atoms with Gasteiger partial charge in [0, 0.05) is 32.4 Å². The molecule has 0 bridgehead atoms. The predicted octanol–water partition coefficient (Wildman–Crippen LogP) is 2.23. The molecule has 3 rings (SSSR count). The number of hydrogen-bond donors (Lipinski definition) is 1. The molecule has 2 aromatic rings. The van der Waals surface area contributed by atoms with Crippen LogP contribution in [0.5, 0.6) is 0 Å².